The molecule has 5 heteroatoms. The van der Waals surface area contributed by atoms with Crippen molar-refractivity contribution < 1.29 is 4.74 Å². The molecule has 0 saturated heterocycles. The van der Waals surface area contributed by atoms with Crippen LogP contribution in [0.5, 0.6) is 5.75 Å². The van der Waals surface area contributed by atoms with E-state index >= 15 is 0 Å². The fraction of sp³-hybridized carbons (Fsp3) is 0.455. The first-order chi connectivity index (χ1) is 7.85. The van der Waals surface area contributed by atoms with Crippen LogP contribution in [0.1, 0.15) is 12.8 Å². The first-order valence-electron chi connectivity index (χ1n) is 5.28. The van der Waals surface area contributed by atoms with Crippen molar-refractivity contribution in [3.63, 3.8) is 0 Å². The minimum Gasteiger partial charge on any atom is -0.497 e. The second-order valence-electron chi connectivity index (χ2n) is 3.56. The molecule has 0 aliphatic heterocycles. The molecule has 86 valence electrons. The van der Waals surface area contributed by atoms with Gasteiger partial charge in [-0.25, -0.2) is 4.68 Å². The lowest BCUT2D eigenvalue weighted by atomic mass is 10.3. The molecule has 1 aromatic carbocycles. The molecule has 0 N–H and O–H groups in total. The summed E-state index contributed by atoms with van der Waals surface area (Å²) in [7, 11) is 1.66. The number of alkyl halides is 1. The number of rotatable bonds is 5. The van der Waals surface area contributed by atoms with E-state index in [2.05, 4.69) is 10.3 Å². The zero-order chi connectivity index (χ0) is 11.4. The fourth-order valence-corrected chi connectivity index (χ4v) is 1.78. The van der Waals surface area contributed by atoms with Gasteiger partial charge < -0.3 is 4.74 Å². The van der Waals surface area contributed by atoms with Gasteiger partial charge in [-0.2, -0.15) is 0 Å². The average Bonchev–Trinajstić information content (AvgIpc) is 2.72. The molecule has 1 aromatic heterocycles. The lowest BCUT2D eigenvalue weighted by molar-refractivity contribution is 0.415. The highest BCUT2D eigenvalue weighted by Crippen LogP contribution is 2.18. The highest BCUT2D eigenvalue weighted by molar-refractivity contribution is 6.17. The maximum atomic E-state index is 5.64. The predicted molar refractivity (Wildman–Crippen MR) is 64.0 cm³/mol. The number of aryl methyl sites for hydroxylation is 1. The van der Waals surface area contributed by atoms with E-state index in [1.165, 1.54) is 0 Å². The summed E-state index contributed by atoms with van der Waals surface area (Å²) in [5, 5.41) is 8.21. The van der Waals surface area contributed by atoms with Gasteiger partial charge in [0.1, 0.15) is 11.3 Å². The van der Waals surface area contributed by atoms with Crippen molar-refractivity contribution in [2.45, 2.75) is 19.4 Å². The van der Waals surface area contributed by atoms with Gasteiger partial charge in [-0.15, -0.1) is 16.7 Å². The van der Waals surface area contributed by atoms with Crippen LogP contribution in [0.2, 0.25) is 0 Å². The van der Waals surface area contributed by atoms with E-state index in [9.17, 15) is 0 Å². The van der Waals surface area contributed by atoms with Gasteiger partial charge in [0.25, 0.3) is 0 Å². The molecule has 0 radical (unpaired) electrons. The van der Waals surface area contributed by atoms with Crippen LogP contribution in [0, 0.1) is 0 Å². The summed E-state index contributed by atoms with van der Waals surface area (Å²) in [4.78, 5) is 0. The zero-order valence-corrected chi connectivity index (χ0v) is 9.94. The van der Waals surface area contributed by atoms with Crippen molar-refractivity contribution in [1.82, 2.24) is 15.0 Å². The summed E-state index contributed by atoms with van der Waals surface area (Å²) in [6.45, 7) is 0.844. The number of halogens is 1. The third kappa shape index (κ3) is 2.27. The Morgan fingerprint density at radius 1 is 1.38 bits per heavy atom. The van der Waals surface area contributed by atoms with E-state index in [-0.39, 0.29) is 0 Å². The number of fused-ring (bicyclic) bond motifs is 1. The van der Waals surface area contributed by atoms with Gasteiger partial charge in [0.2, 0.25) is 0 Å². The molecule has 2 rings (SSSR count). The van der Waals surface area contributed by atoms with E-state index < -0.39 is 0 Å². The topological polar surface area (TPSA) is 39.9 Å². The van der Waals surface area contributed by atoms with Crippen molar-refractivity contribution in [2.75, 3.05) is 13.0 Å². The Balaban J connectivity index is 2.24. The first kappa shape index (κ1) is 11.2. The van der Waals surface area contributed by atoms with Gasteiger partial charge in [-0.1, -0.05) is 5.21 Å². The van der Waals surface area contributed by atoms with Crippen LogP contribution in [0.3, 0.4) is 0 Å². The Bertz CT molecular complexity index is 469. The van der Waals surface area contributed by atoms with Crippen molar-refractivity contribution in [3.05, 3.63) is 18.2 Å². The maximum absolute atomic E-state index is 5.64. The summed E-state index contributed by atoms with van der Waals surface area (Å²) in [5.41, 5.74) is 1.90. The molecule has 2 aromatic rings. The van der Waals surface area contributed by atoms with Crippen molar-refractivity contribution in [1.29, 1.82) is 0 Å². The standard InChI is InChI=1S/C11H14ClN3O/c1-16-9-4-5-10-11(8-9)15(14-13-10)7-3-2-6-12/h4-5,8H,2-3,6-7H2,1H3. The smallest absolute Gasteiger partial charge is 0.121 e. The van der Waals surface area contributed by atoms with E-state index in [0.717, 1.165) is 36.2 Å². The molecule has 0 fully saturated rings. The molecule has 0 aliphatic carbocycles. The van der Waals surface area contributed by atoms with Crippen LogP contribution >= 0.6 is 11.6 Å². The number of ether oxygens (including phenoxy) is 1. The van der Waals surface area contributed by atoms with Gasteiger partial charge in [-0.3, -0.25) is 0 Å². The molecule has 0 amide bonds. The maximum Gasteiger partial charge on any atom is 0.121 e. The van der Waals surface area contributed by atoms with Gasteiger partial charge >= 0.3 is 0 Å². The van der Waals surface area contributed by atoms with Gasteiger partial charge in [0.05, 0.1) is 12.6 Å². The van der Waals surface area contributed by atoms with E-state index in [4.69, 9.17) is 16.3 Å². The number of hydrogen-bond donors (Lipinski definition) is 0. The highest BCUT2D eigenvalue weighted by Gasteiger charge is 2.05. The third-order valence-electron chi connectivity index (χ3n) is 2.47. The molecule has 16 heavy (non-hydrogen) atoms. The normalized spacial score (nSPS) is 10.9. The SMILES string of the molecule is COc1ccc2nnn(CCCCCl)c2c1. The number of unbranched alkanes of at least 4 members (excludes halogenated alkanes) is 1. The predicted octanol–water partition coefficient (Wildman–Crippen LogP) is 2.46. The molecular weight excluding hydrogens is 226 g/mol. The summed E-state index contributed by atoms with van der Waals surface area (Å²) in [5.74, 6) is 1.52. The molecule has 0 atom stereocenters. The molecule has 4 nitrogen and oxygen atoms in total. The van der Waals surface area contributed by atoms with Gasteiger partial charge in [0, 0.05) is 18.5 Å². The lowest BCUT2D eigenvalue weighted by Gasteiger charge is -2.02. The second kappa shape index (κ2) is 5.16. The molecule has 1 heterocycles. The van der Waals surface area contributed by atoms with Crippen molar-refractivity contribution >= 4 is 22.6 Å². The number of nitrogens with zero attached hydrogens (tertiary/aromatic N) is 3. The first-order valence-corrected chi connectivity index (χ1v) is 5.82. The minimum absolute atomic E-state index is 0.690. The third-order valence-corrected chi connectivity index (χ3v) is 2.74. The van der Waals surface area contributed by atoms with Crippen molar-refractivity contribution in [2.24, 2.45) is 0 Å². The Kier molecular flexibility index (Phi) is 3.62. The Labute approximate surface area is 99.1 Å². The van der Waals surface area contributed by atoms with Crippen LogP contribution in [-0.2, 0) is 6.54 Å². The second-order valence-corrected chi connectivity index (χ2v) is 3.94. The van der Waals surface area contributed by atoms with Gasteiger partial charge in [0.15, 0.2) is 0 Å². The Morgan fingerprint density at radius 3 is 3.00 bits per heavy atom. The Hall–Kier alpha value is -1.29. The summed E-state index contributed by atoms with van der Waals surface area (Å²) in [6, 6.07) is 5.76. The number of hydrogen-bond acceptors (Lipinski definition) is 3. The van der Waals surface area contributed by atoms with E-state index in [0.29, 0.717) is 5.88 Å². The quantitative estimate of drug-likeness (QED) is 0.594. The largest absolute Gasteiger partial charge is 0.497 e. The molecule has 0 bridgehead atoms. The number of aromatic nitrogens is 3. The Morgan fingerprint density at radius 2 is 2.25 bits per heavy atom. The van der Waals surface area contributed by atoms with Crippen LogP contribution < -0.4 is 4.74 Å². The van der Waals surface area contributed by atoms with Crippen molar-refractivity contribution in [3.8, 4) is 5.75 Å². The molecular formula is C11H14ClN3O. The lowest BCUT2D eigenvalue weighted by Crippen LogP contribution is -2.00. The molecule has 0 spiro atoms. The molecule has 0 unspecified atom stereocenters. The minimum atomic E-state index is 0.690. The monoisotopic (exact) mass is 239 g/mol. The molecule has 0 saturated carbocycles. The van der Waals surface area contributed by atoms with E-state index in [1.807, 2.05) is 22.9 Å². The molecule has 0 aliphatic rings. The van der Waals surface area contributed by atoms with Gasteiger partial charge in [-0.05, 0) is 25.0 Å². The number of methoxy groups -OCH3 is 1. The highest BCUT2D eigenvalue weighted by atomic mass is 35.5. The number of benzene rings is 1. The van der Waals surface area contributed by atoms with Crippen LogP contribution in [0.4, 0.5) is 0 Å². The summed E-state index contributed by atoms with van der Waals surface area (Å²) < 4.78 is 7.08. The summed E-state index contributed by atoms with van der Waals surface area (Å²) in [6.07, 6.45) is 2.01. The van der Waals surface area contributed by atoms with Crippen LogP contribution in [0.25, 0.3) is 11.0 Å². The average molecular weight is 240 g/mol. The van der Waals surface area contributed by atoms with Crippen LogP contribution in [-0.4, -0.2) is 28.0 Å². The van der Waals surface area contributed by atoms with Crippen LogP contribution in [0.15, 0.2) is 18.2 Å². The van der Waals surface area contributed by atoms with E-state index in [1.54, 1.807) is 7.11 Å². The summed E-state index contributed by atoms with van der Waals surface area (Å²) >= 11 is 5.64. The zero-order valence-electron chi connectivity index (χ0n) is 9.19. The fourth-order valence-electron chi connectivity index (χ4n) is 1.59.